The Hall–Kier alpha value is -2.09. The second kappa shape index (κ2) is 5.70. The third-order valence-electron chi connectivity index (χ3n) is 3.09. The highest BCUT2D eigenvalue weighted by Gasteiger charge is 2.04. The summed E-state index contributed by atoms with van der Waals surface area (Å²) in [5, 5.41) is 9.49. The standard InChI is InChI=1S/C17H18O2/c1-12(2)9-13-3-5-14(6-4-13)15-7-8-17(19)16(10-15)11-18/h3-8,10-12,19H,9H2,1-2H3. The van der Waals surface area contributed by atoms with E-state index in [9.17, 15) is 9.90 Å². The monoisotopic (exact) mass is 254 g/mol. The molecule has 0 bridgehead atoms. The number of benzene rings is 2. The van der Waals surface area contributed by atoms with Crippen molar-refractivity contribution in [3.63, 3.8) is 0 Å². The molecule has 0 radical (unpaired) electrons. The first-order valence-corrected chi connectivity index (χ1v) is 6.47. The molecule has 2 aromatic rings. The van der Waals surface area contributed by atoms with Gasteiger partial charge in [0.2, 0.25) is 0 Å². The molecule has 2 heteroatoms. The van der Waals surface area contributed by atoms with Crippen LogP contribution in [-0.4, -0.2) is 11.4 Å². The summed E-state index contributed by atoms with van der Waals surface area (Å²) >= 11 is 0. The number of rotatable bonds is 4. The van der Waals surface area contributed by atoms with Gasteiger partial charge in [0.25, 0.3) is 0 Å². The van der Waals surface area contributed by atoms with Gasteiger partial charge in [0.1, 0.15) is 5.75 Å². The zero-order valence-corrected chi connectivity index (χ0v) is 11.3. The maximum absolute atomic E-state index is 10.8. The molecule has 0 saturated heterocycles. The molecule has 0 aliphatic rings. The molecule has 0 heterocycles. The Kier molecular flexibility index (Phi) is 4.00. The molecular weight excluding hydrogens is 236 g/mol. The summed E-state index contributed by atoms with van der Waals surface area (Å²) in [6, 6.07) is 13.4. The average Bonchev–Trinajstić information content (AvgIpc) is 2.40. The SMILES string of the molecule is CC(C)Cc1ccc(-c2ccc(O)c(C=O)c2)cc1. The zero-order chi connectivity index (χ0) is 13.8. The maximum Gasteiger partial charge on any atom is 0.153 e. The lowest BCUT2D eigenvalue weighted by atomic mass is 9.98. The highest BCUT2D eigenvalue weighted by Crippen LogP contribution is 2.25. The van der Waals surface area contributed by atoms with Crippen molar-refractivity contribution in [1.29, 1.82) is 0 Å². The van der Waals surface area contributed by atoms with E-state index >= 15 is 0 Å². The lowest BCUT2D eigenvalue weighted by Crippen LogP contribution is -1.93. The lowest BCUT2D eigenvalue weighted by Gasteiger charge is -2.07. The van der Waals surface area contributed by atoms with E-state index in [1.54, 1.807) is 12.1 Å². The first kappa shape index (κ1) is 13.3. The third kappa shape index (κ3) is 3.22. The van der Waals surface area contributed by atoms with Crippen LogP contribution in [0.15, 0.2) is 42.5 Å². The predicted molar refractivity (Wildman–Crippen MR) is 77.5 cm³/mol. The Morgan fingerprint density at radius 1 is 1.05 bits per heavy atom. The summed E-state index contributed by atoms with van der Waals surface area (Å²) in [4.78, 5) is 10.8. The molecule has 0 aromatic heterocycles. The highest BCUT2D eigenvalue weighted by molar-refractivity contribution is 5.82. The van der Waals surface area contributed by atoms with Crippen molar-refractivity contribution in [2.24, 2.45) is 5.92 Å². The highest BCUT2D eigenvalue weighted by atomic mass is 16.3. The van der Waals surface area contributed by atoms with E-state index in [1.165, 1.54) is 5.56 Å². The topological polar surface area (TPSA) is 37.3 Å². The second-order valence-corrected chi connectivity index (χ2v) is 5.19. The Bertz CT molecular complexity index is 568. The molecule has 0 aliphatic heterocycles. The van der Waals surface area contributed by atoms with E-state index in [0.29, 0.717) is 17.8 Å². The minimum atomic E-state index is 0.0233. The van der Waals surface area contributed by atoms with Gasteiger partial charge in [0.15, 0.2) is 6.29 Å². The number of carbonyl (C=O) groups is 1. The van der Waals surface area contributed by atoms with Crippen LogP contribution >= 0.6 is 0 Å². The third-order valence-corrected chi connectivity index (χ3v) is 3.09. The molecular formula is C17H18O2. The van der Waals surface area contributed by atoms with Crippen LogP contribution in [0.25, 0.3) is 11.1 Å². The summed E-state index contributed by atoms with van der Waals surface area (Å²) in [5.41, 5.74) is 3.63. The van der Waals surface area contributed by atoms with E-state index < -0.39 is 0 Å². The molecule has 2 rings (SSSR count). The van der Waals surface area contributed by atoms with Crippen molar-refractivity contribution in [3.8, 4) is 16.9 Å². The van der Waals surface area contributed by atoms with Crippen LogP contribution in [0.3, 0.4) is 0 Å². The van der Waals surface area contributed by atoms with Gasteiger partial charge in [-0.15, -0.1) is 0 Å². The van der Waals surface area contributed by atoms with Crippen molar-refractivity contribution in [2.45, 2.75) is 20.3 Å². The quantitative estimate of drug-likeness (QED) is 0.835. The first-order valence-electron chi connectivity index (χ1n) is 6.47. The van der Waals surface area contributed by atoms with Crippen LogP contribution in [-0.2, 0) is 6.42 Å². The van der Waals surface area contributed by atoms with Crippen LogP contribution in [0.5, 0.6) is 5.75 Å². The number of hydrogen-bond acceptors (Lipinski definition) is 2. The molecule has 2 nitrogen and oxygen atoms in total. The molecule has 0 fully saturated rings. The Morgan fingerprint density at radius 3 is 2.26 bits per heavy atom. The Morgan fingerprint density at radius 2 is 1.68 bits per heavy atom. The molecule has 0 amide bonds. The van der Waals surface area contributed by atoms with Gasteiger partial charge in [-0.3, -0.25) is 4.79 Å². The molecule has 0 atom stereocenters. The number of phenols is 1. The number of aromatic hydroxyl groups is 1. The fraction of sp³-hybridized carbons (Fsp3) is 0.235. The van der Waals surface area contributed by atoms with Gasteiger partial charge in [-0.2, -0.15) is 0 Å². The van der Waals surface area contributed by atoms with Crippen LogP contribution in [0.4, 0.5) is 0 Å². The van der Waals surface area contributed by atoms with Gasteiger partial charge in [-0.05, 0) is 41.2 Å². The van der Waals surface area contributed by atoms with Gasteiger partial charge >= 0.3 is 0 Å². The molecule has 19 heavy (non-hydrogen) atoms. The summed E-state index contributed by atoms with van der Waals surface area (Å²) in [7, 11) is 0. The molecule has 2 aromatic carbocycles. The number of phenolic OH excluding ortho intramolecular Hbond substituents is 1. The molecule has 0 unspecified atom stereocenters. The number of hydrogen-bond donors (Lipinski definition) is 1. The minimum absolute atomic E-state index is 0.0233. The van der Waals surface area contributed by atoms with Gasteiger partial charge in [-0.25, -0.2) is 0 Å². The van der Waals surface area contributed by atoms with Gasteiger partial charge < -0.3 is 5.11 Å². The smallest absolute Gasteiger partial charge is 0.153 e. The number of carbonyl (C=O) groups excluding carboxylic acids is 1. The van der Waals surface area contributed by atoms with Crippen molar-refractivity contribution < 1.29 is 9.90 Å². The lowest BCUT2D eigenvalue weighted by molar-refractivity contribution is 0.112. The van der Waals surface area contributed by atoms with Crippen molar-refractivity contribution in [1.82, 2.24) is 0 Å². The molecule has 98 valence electrons. The van der Waals surface area contributed by atoms with Crippen LogP contribution < -0.4 is 0 Å². The van der Waals surface area contributed by atoms with E-state index in [1.807, 2.05) is 6.07 Å². The minimum Gasteiger partial charge on any atom is -0.507 e. The van der Waals surface area contributed by atoms with Crippen LogP contribution in [0, 0.1) is 5.92 Å². The summed E-state index contributed by atoms with van der Waals surface area (Å²) in [6.07, 6.45) is 1.74. The van der Waals surface area contributed by atoms with Gasteiger partial charge in [-0.1, -0.05) is 44.2 Å². The number of aldehydes is 1. The molecule has 0 saturated carbocycles. The van der Waals surface area contributed by atoms with E-state index in [-0.39, 0.29) is 5.75 Å². The first-order chi connectivity index (χ1) is 9.10. The van der Waals surface area contributed by atoms with E-state index in [0.717, 1.165) is 17.5 Å². The van der Waals surface area contributed by atoms with Crippen LogP contribution in [0.1, 0.15) is 29.8 Å². The van der Waals surface area contributed by atoms with E-state index in [2.05, 4.69) is 38.1 Å². The summed E-state index contributed by atoms with van der Waals surface area (Å²) in [5.74, 6) is 0.663. The fourth-order valence-corrected chi connectivity index (χ4v) is 2.13. The predicted octanol–water partition coefficient (Wildman–Crippen LogP) is 4.07. The van der Waals surface area contributed by atoms with Gasteiger partial charge in [0.05, 0.1) is 5.56 Å². The summed E-state index contributed by atoms with van der Waals surface area (Å²) < 4.78 is 0. The molecule has 0 aliphatic carbocycles. The Balaban J connectivity index is 2.29. The van der Waals surface area contributed by atoms with Crippen molar-refractivity contribution in [2.75, 3.05) is 0 Å². The summed E-state index contributed by atoms with van der Waals surface area (Å²) in [6.45, 7) is 4.40. The second-order valence-electron chi connectivity index (χ2n) is 5.19. The zero-order valence-electron chi connectivity index (χ0n) is 11.3. The maximum atomic E-state index is 10.8. The normalized spacial score (nSPS) is 10.7. The molecule has 1 N–H and O–H groups in total. The largest absolute Gasteiger partial charge is 0.507 e. The van der Waals surface area contributed by atoms with Crippen molar-refractivity contribution >= 4 is 6.29 Å². The van der Waals surface area contributed by atoms with E-state index in [4.69, 9.17) is 0 Å². The fourth-order valence-electron chi connectivity index (χ4n) is 2.13. The van der Waals surface area contributed by atoms with Gasteiger partial charge in [0, 0.05) is 0 Å². The van der Waals surface area contributed by atoms with Crippen LogP contribution in [0.2, 0.25) is 0 Å². The average molecular weight is 254 g/mol. The van der Waals surface area contributed by atoms with Crippen molar-refractivity contribution in [3.05, 3.63) is 53.6 Å². The molecule has 0 spiro atoms. The Labute approximate surface area is 113 Å².